The van der Waals surface area contributed by atoms with Crippen LogP contribution < -0.4 is 20.1 Å². The molecule has 0 radical (unpaired) electrons. The van der Waals surface area contributed by atoms with Gasteiger partial charge in [0, 0.05) is 24.3 Å². The Kier molecular flexibility index (Phi) is 4.70. The van der Waals surface area contributed by atoms with Crippen LogP contribution in [0.2, 0.25) is 0 Å². The second kappa shape index (κ2) is 6.50. The van der Waals surface area contributed by atoms with E-state index in [0.29, 0.717) is 0 Å². The number of rotatable bonds is 5. The Morgan fingerprint density at radius 3 is 2.10 bits per heavy atom. The van der Waals surface area contributed by atoms with E-state index in [1.165, 1.54) is 0 Å². The number of nitrogens with two attached hydrogens (primary N) is 1. The first-order valence-electron chi connectivity index (χ1n) is 6.89. The van der Waals surface area contributed by atoms with Crippen LogP contribution in [0.1, 0.15) is 18.5 Å². The molecule has 0 aliphatic rings. The minimum absolute atomic E-state index is 0.131. The van der Waals surface area contributed by atoms with Crippen molar-refractivity contribution in [2.75, 3.05) is 26.2 Å². The summed E-state index contributed by atoms with van der Waals surface area (Å²) in [6, 6.07) is 13.7. The Morgan fingerprint density at radius 1 is 0.905 bits per heavy atom. The molecule has 0 saturated carbocycles. The average molecular weight is 286 g/mol. The Hall–Kier alpha value is -2.20. The highest BCUT2D eigenvalue weighted by molar-refractivity contribution is 5.73. The van der Waals surface area contributed by atoms with Crippen molar-refractivity contribution >= 4 is 11.4 Å². The fourth-order valence-electron chi connectivity index (χ4n) is 2.50. The van der Waals surface area contributed by atoms with Crippen LogP contribution in [0.15, 0.2) is 42.5 Å². The van der Waals surface area contributed by atoms with Crippen molar-refractivity contribution in [1.29, 1.82) is 0 Å². The van der Waals surface area contributed by atoms with Gasteiger partial charge < -0.3 is 20.1 Å². The third kappa shape index (κ3) is 2.95. The Morgan fingerprint density at radius 2 is 1.48 bits per heavy atom. The van der Waals surface area contributed by atoms with E-state index < -0.39 is 0 Å². The summed E-state index contributed by atoms with van der Waals surface area (Å²) in [4.78, 5) is 2.07. The summed E-state index contributed by atoms with van der Waals surface area (Å²) in [5.74, 6) is 1.61. The zero-order chi connectivity index (χ0) is 15.4. The summed E-state index contributed by atoms with van der Waals surface area (Å²) in [5.41, 5.74) is 9.11. The maximum Gasteiger partial charge on any atom is 0.142 e. The average Bonchev–Trinajstić information content (AvgIpc) is 2.53. The van der Waals surface area contributed by atoms with E-state index in [1.807, 2.05) is 56.4 Å². The number of hydrogen-bond acceptors (Lipinski definition) is 4. The van der Waals surface area contributed by atoms with Crippen molar-refractivity contribution in [3.63, 3.8) is 0 Å². The van der Waals surface area contributed by atoms with Gasteiger partial charge in [-0.1, -0.05) is 18.2 Å². The molecule has 2 aromatic carbocycles. The minimum atomic E-state index is -0.131. The van der Waals surface area contributed by atoms with Gasteiger partial charge >= 0.3 is 0 Å². The van der Waals surface area contributed by atoms with E-state index in [1.54, 1.807) is 14.2 Å². The summed E-state index contributed by atoms with van der Waals surface area (Å²) in [6.45, 7) is 1.96. The van der Waals surface area contributed by atoms with Gasteiger partial charge in [-0.2, -0.15) is 0 Å². The molecule has 2 aromatic rings. The van der Waals surface area contributed by atoms with Crippen LogP contribution >= 0.6 is 0 Å². The molecule has 21 heavy (non-hydrogen) atoms. The Labute approximate surface area is 126 Å². The van der Waals surface area contributed by atoms with Gasteiger partial charge in [-0.3, -0.25) is 0 Å². The van der Waals surface area contributed by atoms with Crippen molar-refractivity contribution in [2.24, 2.45) is 5.73 Å². The van der Waals surface area contributed by atoms with Gasteiger partial charge in [0.1, 0.15) is 11.5 Å². The van der Waals surface area contributed by atoms with Gasteiger partial charge in [0.25, 0.3) is 0 Å². The standard InChI is InChI=1S/C17H22N2O2/c1-12(18)17-14(9-7-11-16(17)21-4)19(2)13-8-5-6-10-15(13)20-3/h5-12H,18H2,1-4H3. The van der Waals surface area contributed by atoms with E-state index in [0.717, 1.165) is 28.4 Å². The lowest BCUT2D eigenvalue weighted by Gasteiger charge is -2.26. The van der Waals surface area contributed by atoms with Crippen molar-refractivity contribution in [2.45, 2.75) is 13.0 Å². The Bertz CT molecular complexity index is 611. The molecule has 4 nitrogen and oxygen atoms in total. The summed E-state index contributed by atoms with van der Waals surface area (Å²) < 4.78 is 10.9. The molecule has 0 spiro atoms. The molecule has 1 atom stereocenters. The molecule has 0 amide bonds. The first-order valence-corrected chi connectivity index (χ1v) is 6.89. The van der Waals surface area contributed by atoms with Gasteiger partial charge in [0.15, 0.2) is 0 Å². The molecule has 0 saturated heterocycles. The second-order valence-electron chi connectivity index (χ2n) is 4.91. The van der Waals surface area contributed by atoms with E-state index in [2.05, 4.69) is 4.90 Å². The lowest BCUT2D eigenvalue weighted by atomic mass is 10.0. The minimum Gasteiger partial charge on any atom is -0.496 e. The lowest BCUT2D eigenvalue weighted by molar-refractivity contribution is 0.407. The van der Waals surface area contributed by atoms with Crippen LogP contribution in [-0.4, -0.2) is 21.3 Å². The smallest absolute Gasteiger partial charge is 0.142 e. The number of para-hydroxylation sites is 2. The summed E-state index contributed by atoms with van der Waals surface area (Å²) in [6.07, 6.45) is 0. The molecule has 0 aliphatic carbocycles. The zero-order valence-corrected chi connectivity index (χ0v) is 13.0. The highest BCUT2D eigenvalue weighted by Gasteiger charge is 2.18. The van der Waals surface area contributed by atoms with Crippen molar-refractivity contribution in [3.8, 4) is 11.5 Å². The van der Waals surface area contributed by atoms with Crippen molar-refractivity contribution in [1.82, 2.24) is 0 Å². The van der Waals surface area contributed by atoms with Crippen LogP contribution in [-0.2, 0) is 0 Å². The van der Waals surface area contributed by atoms with Crippen LogP contribution in [0.5, 0.6) is 11.5 Å². The van der Waals surface area contributed by atoms with Gasteiger partial charge in [0.2, 0.25) is 0 Å². The topological polar surface area (TPSA) is 47.7 Å². The van der Waals surface area contributed by atoms with Crippen LogP contribution in [0.3, 0.4) is 0 Å². The van der Waals surface area contributed by atoms with E-state index in [4.69, 9.17) is 15.2 Å². The molecule has 2 N–H and O–H groups in total. The maximum absolute atomic E-state index is 6.14. The molecule has 0 aromatic heterocycles. The van der Waals surface area contributed by atoms with Gasteiger partial charge in [0.05, 0.1) is 19.9 Å². The predicted molar refractivity (Wildman–Crippen MR) is 86.7 cm³/mol. The first kappa shape index (κ1) is 15.2. The SMILES string of the molecule is COc1ccccc1N(C)c1cccc(OC)c1C(C)N. The number of anilines is 2. The molecule has 112 valence electrons. The third-order valence-corrected chi connectivity index (χ3v) is 3.53. The Balaban J connectivity index is 2.55. The summed E-state index contributed by atoms with van der Waals surface area (Å²) >= 11 is 0. The molecule has 0 fully saturated rings. The highest BCUT2D eigenvalue weighted by Crippen LogP contribution is 2.39. The molecule has 2 rings (SSSR count). The monoisotopic (exact) mass is 286 g/mol. The maximum atomic E-state index is 6.14. The fraction of sp³-hybridized carbons (Fsp3) is 0.294. The second-order valence-corrected chi connectivity index (χ2v) is 4.91. The van der Waals surface area contributed by atoms with Gasteiger partial charge in [-0.05, 0) is 31.2 Å². The number of nitrogens with zero attached hydrogens (tertiary/aromatic N) is 1. The number of hydrogen-bond donors (Lipinski definition) is 1. The normalized spacial score (nSPS) is 11.9. The largest absolute Gasteiger partial charge is 0.496 e. The molecule has 0 bridgehead atoms. The lowest BCUT2D eigenvalue weighted by Crippen LogP contribution is -2.17. The molecule has 4 heteroatoms. The van der Waals surface area contributed by atoms with Crippen LogP contribution in [0.25, 0.3) is 0 Å². The van der Waals surface area contributed by atoms with Crippen LogP contribution in [0.4, 0.5) is 11.4 Å². The van der Waals surface area contributed by atoms with E-state index in [-0.39, 0.29) is 6.04 Å². The van der Waals surface area contributed by atoms with Crippen molar-refractivity contribution < 1.29 is 9.47 Å². The first-order chi connectivity index (χ1) is 10.1. The zero-order valence-electron chi connectivity index (χ0n) is 13.0. The number of methoxy groups -OCH3 is 2. The number of benzene rings is 2. The fourth-order valence-corrected chi connectivity index (χ4v) is 2.50. The van der Waals surface area contributed by atoms with Gasteiger partial charge in [-0.25, -0.2) is 0 Å². The van der Waals surface area contributed by atoms with Crippen molar-refractivity contribution in [3.05, 3.63) is 48.0 Å². The third-order valence-electron chi connectivity index (χ3n) is 3.53. The highest BCUT2D eigenvalue weighted by atomic mass is 16.5. The van der Waals surface area contributed by atoms with E-state index in [9.17, 15) is 0 Å². The summed E-state index contributed by atoms with van der Waals surface area (Å²) in [5, 5.41) is 0. The molecular formula is C17H22N2O2. The molecule has 0 aliphatic heterocycles. The number of ether oxygens (including phenoxy) is 2. The van der Waals surface area contributed by atoms with Gasteiger partial charge in [-0.15, -0.1) is 0 Å². The predicted octanol–water partition coefficient (Wildman–Crippen LogP) is 3.49. The molecular weight excluding hydrogens is 264 g/mol. The summed E-state index contributed by atoms with van der Waals surface area (Å²) in [7, 11) is 5.33. The molecule has 1 unspecified atom stereocenters. The molecule has 0 heterocycles. The van der Waals surface area contributed by atoms with E-state index >= 15 is 0 Å². The quantitative estimate of drug-likeness (QED) is 0.914. The van der Waals surface area contributed by atoms with Crippen LogP contribution in [0, 0.1) is 0 Å².